The van der Waals surface area contributed by atoms with E-state index in [1.807, 2.05) is 6.07 Å². The Morgan fingerprint density at radius 2 is 1.84 bits per heavy atom. The fraction of sp³-hybridized carbons (Fsp3) is 0.240. The number of aromatic amines is 1. The van der Waals surface area contributed by atoms with Crippen LogP contribution in [0.15, 0.2) is 58.4 Å². The van der Waals surface area contributed by atoms with E-state index in [0.717, 1.165) is 28.0 Å². The second kappa shape index (κ2) is 10.3. The lowest BCUT2D eigenvalue weighted by Crippen LogP contribution is -2.36. The molecule has 1 aromatic heterocycles. The van der Waals surface area contributed by atoms with Crippen molar-refractivity contribution < 1.29 is 33.8 Å². The molecule has 2 aromatic carbocycles. The summed E-state index contributed by atoms with van der Waals surface area (Å²) >= 11 is 2.00. The lowest BCUT2D eigenvalue weighted by Gasteiger charge is -2.30. The van der Waals surface area contributed by atoms with Gasteiger partial charge >= 0.3 is 10.8 Å². The van der Waals surface area contributed by atoms with Gasteiger partial charge in [0.2, 0.25) is 11.8 Å². The molecule has 3 heterocycles. The number of hydrogen-bond acceptors (Lipinski definition) is 9. The number of benzene rings is 2. The molecule has 11 nitrogen and oxygen atoms in total. The van der Waals surface area contributed by atoms with Crippen LogP contribution in [-0.4, -0.2) is 64.2 Å². The second-order valence-corrected chi connectivity index (χ2v) is 10.7. The standard InChI is InChI=1S/C25H21N3O8S2/c1-35-15-9-12(7-8-14(15)36-11-16(29)26-13-5-3-2-4-6-13)18-19-21(37-22-20(18)38-25(34)27-22)24(33)28(23(19)32)10-17(30)31/h2-9,18-19,21H,10-11H2,1H3,(H,26,29)(H,27,34)(H,30,31)/t18-,19?,21?/m0/s1. The molecule has 1 fully saturated rings. The Labute approximate surface area is 223 Å². The quantitative estimate of drug-likeness (QED) is 0.355. The van der Waals surface area contributed by atoms with Crippen molar-refractivity contribution in [3.63, 3.8) is 0 Å². The summed E-state index contributed by atoms with van der Waals surface area (Å²) in [4.78, 5) is 65.8. The van der Waals surface area contributed by atoms with E-state index in [1.54, 1.807) is 42.5 Å². The number of thiazole rings is 1. The summed E-state index contributed by atoms with van der Waals surface area (Å²) in [6.45, 7) is -1.01. The first-order valence-corrected chi connectivity index (χ1v) is 13.1. The molecule has 0 radical (unpaired) electrons. The number of ether oxygens (including phenoxy) is 2. The van der Waals surface area contributed by atoms with Gasteiger partial charge in [0.1, 0.15) is 11.8 Å². The van der Waals surface area contributed by atoms with Gasteiger partial charge in [-0.05, 0) is 29.8 Å². The number of carboxylic acids is 1. The highest BCUT2D eigenvalue weighted by molar-refractivity contribution is 8.00. The molecule has 3 atom stereocenters. The van der Waals surface area contributed by atoms with Gasteiger partial charge in [-0.15, -0.1) is 0 Å². The molecule has 5 rings (SSSR count). The number of imide groups is 1. The molecule has 3 aromatic rings. The number of carbonyl (C=O) groups excluding carboxylic acids is 3. The van der Waals surface area contributed by atoms with Crippen molar-refractivity contribution in [3.8, 4) is 11.5 Å². The molecule has 38 heavy (non-hydrogen) atoms. The number of nitrogens with one attached hydrogen (secondary N) is 2. The van der Waals surface area contributed by atoms with E-state index in [4.69, 9.17) is 9.47 Å². The van der Waals surface area contributed by atoms with Gasteiger partial charge in [0.25, 0.3) is 5.91 Å². The van der Waals surface area contributed by atoms with E-state index in [9.17, 15) is 29.1 Å². The molecule has 196 valence electrons. The Morgan fingerprint density at radius 1 is 1.08 bits per heavy atom. The molecule has 2 unspecified atom stereocenters. The van der Waals surface area contributed by atoms with Gasteiger partial charge in [0.15, 0.2) is 18.1 Å². The van der Waals surface area contributed by atoms with Crippen molar-refractivity contribution in [3.05, 3.63) is 68.6 Å². The summed E-state index contributed by atoms with van der Waals surface area (Å²) in [7, 11) is 1.43. The second-order valence-electron chi connectivity index (χ2n) is 8.52. The minimum absolute atomic E-state index is 0.282. The first-order valence-electron chi connectivity index (χ1n) is 11.4. The van der Waals surface area contributed by atoms with Crippen molar-refractivity contribution in [2.45, 2.75) is 16.2 Å². The molecule has 0 aliphatic carbocycles. The lowest BCUT2D eigenvalue weighted by atomic mass is 9.83. The summed E-state index contributed by atoms with van der Waals surface area (Å²) in [6.07, 6.45) is 0. The summed E-state index contributed by atoms with van der Waals surface area (Å²) < 4.78 is 11.2. The molecular formula is C25H21N3O8S2. The molecule has 1 saturated heterocycles. The number of carbonyl (C=O) groups is 4. The highest BCUT2D eigenvalue weighted by Crippen LogP contribution is 2.53. The van der Waals surface area contributed by atoms with Gasteiger partial charge in [-0.2, -0.15) is 0 Å². The number of anilines is 1. The van der Waals surface area contributed by atoms with Crippen LogP contribution in [-0.2, 0) is 19.2 Å². The highest BCUT2D eigenvalue weighted by Gasteiger charge is 2.56. The van der Waals surface area contributed by atoms with Gasteiger partial charge in [0.05, 0.1) is 18.1 Å². The molecule has 3 amide bonds. The number of aromatic nitrogens is 1. The number of para-hydroxylation sites is 1. The van der Waals surface area contributed by atoms with Crippen LogP contribution in [0.2, 0.25) is 0 Å². The monoisotopic (exact) mass is 555 g/mol. The maximum absolute atomic E-state index is 13.3. The van der Waals surface area contributed by atoms with Gasteiger partial charge in [0, 0.05) is 16.5 Å². The van der Waals surface area contributed by atoms with Gasteiger partial charge in [-0.1, -0.05) is 47.4 Å². The molecule has 2 aliphatic heterocycles. The zero-order chi connectivity index (χ0) is 27.0. The van der Waals surface area contributed by atoms with E-state index in [0.29, 0.717) is 21.2 Å². The molecule has 2 aliphatic rings. The molecular weight excluding hydrogens is 534 g/mol. The summed E-state index contributed by atoms with van der Waals surface area (Å²) in [6, 6.07) is 13.8. The molecule has 13 heteroatoms. The number of aliphatic carboxylic acids is 1. The maximum Gasteiger partial charge on any atom is 0.323 e. The van der Waals surface area contributed by atoms with Crippen LogP contribution in [0.1, 0.15) is 16.4 Å². The molecule has 0 spiro atoms. The third-order valence-electron chi connectivity index (χ3n) is 6.17. The van der Waals surface area contributed by atoms with Crippen LogP contribution in [0.25, 0.3) is 0 Å². The number of H-pyrrole nitrogens is 1. The predicted octanol–water partition coefficient (Wildman–Crippen LogP) is 2.14. The Kier molecular flexibility index (Phi) is 6.95. The Balaban J connectivity index is 1.43. The number of likely N-dealkylation sites (tertiary alicyclic amines) is 1. The lowest BCUT2D eigenvalue weighted by molar-refractivity contribution is -0.149. The topological polar surface area (TPSA) is 155 Å². The van der Waals surface area contributed by atoms with Crippen LogP contribution >= 0.6 is 23.1 Å². The minimum atomic E-state index is -1.30. The molecule has 3 N–H and O–H groups in total. The van der Waals surface area contributed by atoms with E-state index in [-0.39, 0.29) is 28.9 Å². The van der Waals surface area contributed by atoms with E-state index in [2.05, 4.69) is 10.3 Å². The third kappa shape index (κ3) is 4.77. The largest absolute Gasteiger partial charge is 0.493 e. The summed E-state index contributed by atoms with van der Waals surface area (Å²) in [5.74, 6) is -3.91. The van der Waals surface area contributed by atoms with Crippen molar-refractivity contribution >= 4 is 52.5 Å². The number of nitrogens with zero attached hydrogens (tertiary/aromatic N) is 1. The van der Waals surface area contributed by atoms with Gasteiger partial charge < -0.3 is 24.9 Å². The van der Waals surface area contributed by atoms with E-state index in [1.165, 1.54) is 7.11 Å². The van der Waals surface area contributed by atoms with E-state index < -0.39 is 41.4 Å². The first kappa shape index (κ1) is 25.5. The maximum atomic E-state index is 13.3. The number of rotatable bonds is 8. The number of carboxylic acid groups (broad SMARTS) is 1. The third-order valence-corrected chi connectivity index (χ3v) is 8.57. The normalized spacial score (nSPS) is 20.0. The predicted molar refractivity (Wildman–Crippen MR) is 138 cm³/mol. The fourth-order valence-electron chi connectivity index (χ4n) is 4.58. The van der Waals surface area contributed by atoms with Crippen LogP contribution in [0.5, 0.6) is 11.5 Å². The fourth-order valence-corrected chi connectivity index (χ4v) is 7.12. The number of methoxy groups -OCH3 is 1. The van der Waals surface area contributed by atoms with E-state index >= 15 is 0 Å². The number of thioether (sulfide) groups is 1. The highest BCUT2D eigenvalue weighted by atomic mass is 32.2. The van der Waals surface area contributed by atoms with Crippen LogP contribution in [0.3, 0.4) is 0 Å². The number of hydrogen-bond donors (Lipinski definition) is 3. The van der Waals surface area contributed by atoms with Gasteiger partial charge in [-0.25, -0.2) is 0 Å². The number of fused-ring (bicyclic) bond motifs is 2. The SMILES string of the molecule is COc1cc([C@@H]2c3sc(=O)[nH]c3SC3C(=O)N(CC(=O)O)C(=O)C32)ccc1OCC(=O)Nc1ccccc1. The average Bonchev–Trinajstić information content (AvgIpc) is 3.38. The summed E-state index contributed by atoms with van der Waals surface area (Å²) in [5.41, 5.74) is 1.20. The summed E-state index contributed by atoms with van der Waals surface area (Å²) in [5, 5.41) is 11.5. The Hall–Kier alpha value is -4.10. The molecule has 0 bridgehead atoms. The van der Waals surface area contributed by atoms with Crippen LogP contribution in [0, 0.1) is 5.92 Å². The van der Waals surface area contributed by atoms with Crippen LogP contribution < -0.4 is 19.7 Å². The first-order chi connectivity index (χ1) is 18.3. The van der Waals surface area contributed by atoms with Crippen molar-refractivity contribution in [1.82, 2.24) is 9.88 Å². The smallest absolute Gasteiger partial charge is 0.323 e. The Bertz CT molecular complexity index is 1490. The van der Waals surface area contributed by atoms with Crippen molar-refractivity contribution in [2.24, 2.45) is 5.92 Å². The van der Waals surface area contributed by atoms with Crippen molar-refractivity contribution in [1.29, 1.82) is 0 Å². The average molecular weight is 556 g/mol. The number of amides is 3. The minimum Gasteiger partial charge on any atom is -0.493 e. The zero-order valence-corrected chi connectivity index (χ0v) is 21.5. The van der Waals surface area contributed by atoms with Gasteiger partial charge in [-0.3, -0.25) is 28.9 Å². The Morgan fingerprint density at radius 3 is 2.55 bits per heavy atom. The van der Waals surface area contributed by atoms with Crippen LogP contribution in [0.4, 0.5) is 5.69 Å². The zero-order valence-electron chi connectivity index (χ0n) is 19.8. The molecule has 0 saturated carbocycles. The van der Waals surface area contributed by atoms with Crippen molar-refractivity contribution in [2.75, 3.05) is 25.6 Å².